The molecule has 2 atom stereocenters. The first-order valence-electron chi connectivity index (χ1n) is 12.1. The number of Topliss-reactive ketones (excluding diaryl/α,β-unsaturated/α-hetero) is 1. The molecule has 0 N–H and O–H groups in total. The minimum atomic E-state index is -3.51. The molecule has 3 fully saturated rings. The summed E-state index contributed by atoms with van der Waals surface area (Å²) in [6, 6.07) is 20.9. The van der Waals surface area contributed by atoms with Crippen LogP contribution in [-0.4, -0.2) is 55.3 Å². The fourth-order valence-corrected chi connectivity index (χ4v) is 8.84. The molecule has 2 saturated carbocycles. The molecule has 5 rings (SSSR count). The van der Waals surface area contributed by atoms with Gasteiger partial charge in [0.25, 0.3) is 0 Å². The lowest BCUT2D eigenvalue weighted by molar-refractivity contribution is -0.128. The van der Waals surface area contributed by atoms with Gasteiger partial charge in [0, 0.05) is 38.0 Å². The summed E-state index contributed by atoms with van der Waals surface area (Å²) in [5.41, 5.74) is 1.50. The Morgan fingerprint density at radius 1 is 0.909 bits per heavy atom. The second-order valence-corrected chi connectivity index (χ2v) is 12.6. The topological polar surface area (TPSA) is 57.7 Å². The van der Waals surface area contributed by atoms with Gasteiger partial charge < -0.3 is 0 Å². The Labute approximate surface area is 197 Å². The number of ketones is 1. The van der Waals surface area contributed by atoms with Gasteiger partial charge in [-0.1, -0.05) is 74.5 Å². The van der Waals surface area contributed by atoms with Crippen LogP contribution in [0.1, 0.15) is 50.3 Å². The van der Waals surface area contributed by atoms with Gasteiger partial charge in [0.05, 0.1) is 11.8 Å². The van der Waals surface area contributed by atoms with Crippen molar-refractivity contribution in [3.8, 4) is 0 Å². The third kappa shape index (κ3) is 3.76. The molecule has 1 heterocycles. The number of sulfonamides is 1. The van der Waals surface area contributed by atoms with E-state index in [0.29, 0.717) is 44.9 Å². The molecule has 0 unspecified atom stereocenters. The largest absolute Gasteiger partial charge is 0.299 e. The normalized spacial score (nSPS) is 28.0. The van der Waals surface area contributed by atoms with E-state index >= 15 is 0 Å². The highest BCUT2D eigenvalue weighted by atomic mass is 32.2. The average molecular weight is 467 g/mol. The second-order valence-electron chi connectivity index (χ2n) is 10.6. The summed E-state index contributed by atoms with van der Waals surface area (Å²) in [6.07, 6.45) is 2.23. The molecule has 0 radical (unpaired) electrons. The summed E-state index contributed by atoms with van der Waals surface area (Å²) >= 11 is 0. The van der Waals surface area contributed by atoms with Gasteiger partial charge in [0.1, 0.15) is 5.78 Å². The number of hydrogen-bond donors (Lipinski definition) is 0. The van der Waals surface area contributed by atoms with E-state index in [-0.39, 0.29) is 23.0 Å². The summed E-state index contributed by atoms with van der Waals surface area (Å²) in [7, 11) is -3.51. The van der Waals surface area contributed by atoms with Gasteiger partial charge in [-0.25, -0.2) is 8.42 Å². The first kappa shape index (κ1) is 22.8. The van der Waals surface area contributed by atoms with Crippen LogP contribution in [0, 0.1) is 16.7 Å². The van der Waals surface area contributed by atoms with Crippen molar-refractivity contribution < 1.29 is 13.2 Å². The lowest BCUT2D eigenvalue weighted by atomic mass is 9.70. The first-order chi connectivity index (χ1) is 15.7. The summed E-state index contributed by atoms with van der Waals surface area (Å²) in [5.74, 6) is 0.470. The van der Waals surface area contributed by atoms with E-state index in [1.165, 1.54) is 11.1 Å². The molecule has 2 aromatic rings. The molecule has 0 amide bonds. The molecule has 5 nitrogen and oxygen atoms in total. The molecule has 1 aliphatic heterocycles. The number of rotatable bonds is 6. The molecule has 2 aromatic carbocycles. The molecule has 1 saturated heterocycles. The standard InChI is InChI=1S/C27H34N2O3S/c1-26(2)23-13-14-27(26,24(30)19-23)20-33(31,32)29-17-15-28(16-18-29)25(21-9-5-3-6-10-21)22-11-7-4-8-12-22/h3-12,23,25H,13-20H2,1-2H3/t23-,27-/m1/s1. The first-order valence-corrected chi connectivity index (χ1v) is 13.7. The van der Waals surface area contributed by atoms with Crippen LogP contribution < -0.4 is 0 Å². The van der Waals surface area contributed by atoms with E-state index < -0.39 is 15.4 Å². The predicted octanol–water partition coefficient (Wildman–Crippen LogP) is 4.12. The summed E-state index contributed by atoms with van der Waals surface area (Å²) in [5, 5.41) is 0. The maximum absolute atomic E-state index is 13.5. The van der Waals surface area contributed by atoms with Crippen LogP contribution in [0.2, 0.25) is 0 Å². The molecule has 33 heavy (non-hydrogen) atoms. The van der Waals surface area contributed by atoms with Gasteiger partial charge in [-0.05, 0) is 35.3 Å². The SMILES string of the molecule is CC1(C)[C@@H]2CC[C@@]1(CS(=O)(=O)N1CCN(C(c3ccccc3)c3ccccc3)CC1)C(=O)C2. The van der Waals surface area contributed by atoms with Crippen molar-refractivity contribution in [1.82, 2.24) is 9.21 Å². The van der Waals surface area contributed by atoms with Crippen LogP contribution >= 0.6 is 0 Å². The van der Waals surface area contributed by atoms with Crippen LogP contribution in [-0.2, 0) is 14.8 Å². The highest BCUT2D eigenvalue weighted by Crippen LogP contribution is 2.64. The highest BCUT2D eigenvalue weighted by Gasteiger charge is 2.65. The zero-order chi connectivity index (χ0) is 23.3. The molecule has 6 heteroatoms. The van der Waals surface area contributed by atoms with E-state index in [1.807, 2.05) is 12.1 Å². The lowest BCUT2D eigenvalue weighted by Gasteiger charge is -2.41. The van der Waals surface area contributed by atoms with Crippen molar-refractivity contribution in [3.05, 3.63) is 71.8 Å². The third-order valence-corrected chi connectivity index (χ3v) is 10.8. The van der Waals surface area contributed by atoms with Crippen molar-refractivity contribution in [3.63, 3.8) is 0 Å². The minimum absolute atomic E-state index is 0.0247. The fraction of sp³-hybridized carbons (Fsp3) is 0.519. The Morgan fingerprint density at radius 2 is 1.45 bits per heavy atom. The minimum Gasteiger partial charge on any atom is -0.299 e. The Bertz CT molecular complexity index is 1070. The maximum Gasteiger partial charge on any atom is 0.215 e. The molecular formula is C27H34N2O3S. The van der Waals surface area contributed by atoms with E-state index in [0.717, 1.165) is 6.42 Å². The fourth-order valence-electron chi connectivity index (χ4n) is 6.64. The van der Waals surface area contributed by atoms with E-state index in [1.54, 1.807) is 4.31 Å². The molecule has 2 bridgehead atoms. The molecule has 0 aromatic heterocycles. The van der Waals surface area contributed by atoms with Crippen molar-refractivity contribution in [2.24, 2.45) is 16.7 Å². The third-order valence-electron chi connectivity index (χ3n) is 8.83. The lowest BCUT2D eigenvalue weighted by Crippen LogP contribution is -2.53. The molecule has 0 spiro atoms. The number of piperazine rings is 1. The summed E-state index contributed by atoms with van der Waals surface area (Å²) < 4.78 is 28.7. The maximum atomic E-state index is 13.5. The Balaban J connectivity index is 1.33. The number of benzene rings is 2. The second kappa shape index (κ2) is 8.33. The number of fused-ring (bicyclic) bond motifs is 2. The Hall–Kier alpha value is -2.02. The van der Waals surface area contributed by atoms with E-state index in [2.05, 4.69) is 67.3 Å². The van der Waals surface area contributed by atoms with Gasteiger partial charge >= 0.3 is 0 Å². The summed E-state index contributed by atoms with van der Waals surface area (Å²) in [4.78, 5) is 15.3. The number of carbonyl (C=O) groups is 1. The molecule has 3 aliphatic rings. The zero-order valence-electron chi connectivity index (χ0n) is 19.6. The number of hydrogen-bond acceptors (Lipinski definition) is 4. The van der Waals surface area contributed by atoms with Crippen LogP contribution in [0.5, 0.6) is 0 Å². The monoisotopic (exact) mass is 466 g/mol. The summed E-state index contributed by atoms with van der Waals surface area (Å²) in [6.45, 7) is 6.47. The quantitative estimate of drug-likeness (QED) is 0.643. The van der Waals surface area contributed by atoms with Gasteiger partial charge in [0.15, 0.2) is 0 Å². The predicted molar refractivity (Wildman–Crippen MR) is 130 cm³/mol. The van der Waals surface area contributed by atoms with Gasteiger partial charge in [-0.2, -0.15) is 4.31 Å². The van der Waals surface area contributed by atoms with Crippen molar-refractivity contribution in [1.29, 1.82) is 0 Å². The van der Waals surface area contributed by atoms with Gasteiger partial charge in [-0.15, -0.1) is 0 Å². The van der Waals surface area contributed by atoms with Gasteiger partial charge in [0.2, 0.25) is 10.0 Å². The van der Waals surface area contributed by atoms with E-state index in [9.17, 15) is 13.2 Å². The smallest absolute Gasteiger partial charge is 0.215 e. The highest BCUT2D eigenvalue weighted by molar-refractivity contribution is 7.89. The van der Waals surface area contributed by atoms with E-state index in [4.69, 9.17) is 0 Å². The van der Waals surface area contributed by atoms with Gasteiger partial charge in [-0.3, -0.25) is 9.69 Å². The zero-order valence-corrected chi connectivity index (χ0v) is 20.4. The Kier molecular flexibility index (Phi) is 5.74. The Morgan fingerprint density at radius 3 is 1.91 bits per heavy atom. The average Bonchev–Trinajstić information content (AvgIpc) is 3.15. The number of carbonyl (C=O) groups excluding carboxylic acids is 1. The van der Waals surface area contributed by atoms with Crippen LogP contribution in [0.25, 0.3) is 0 Å². The molecule has 176 valence electrons. The van der Waals surface area contributed by atoms with Crippen molar-refractivity contribution >= 4 is 15.8 Å². The van der Waals surface area contributed by atoms with Crippen molar-refractivity contribution in [2.75, 3.05) is 31.9 Å². The molecular weight excluding hydrogens is 432 g/mol. The number of nitrogens with zero attached hydrogens (tertiary/aromatic N) is 2. The van der Waals surface area contributed by atoms with Crippen LogP contribution in [0.15, 0.2) is 60.7 Å². The molecule has 2 aliphatic carbocycles. The van der Waals surface area contributed by atoms with Crippen LogP contribution in [0.3, 0.4) is 0 Å². The van der Waals surface area contributed by atoms with Crippen LogP contribution in [0.4, 0.5) is 0 Å². The van der Waals surface area contributed by atoms with Crippen molar-refractivity contribution in [2.45, 2.75) is 39.2 Å².